The maximum atomic E-state index is 12.2. The van der Waals surface area contributed by atoms with Crippen LogP contribution in [0, 0.1) is 0 Å². The molecule has 3 N–H and O–H groups in total. The predicted octanol–water partition coefficient (Wildman–Crippen LogP) is 2.54. The molecular formula is C19H28Cl3N5O. The summed E-state index contributed by atoms with van der Waals surface area (Å²) in [6, 6.07) is 11.3. The molecule has 1 saturated heterocycles. The third kappa shape index (κ3) is 7.36. The minimum Gasteiger partial charge on any atom is -0.399 e. The number of aromatic nitrogens is 1. The number of piperazine rings is 1. The summed E-state index contributed by atoms with van der Waals surface area (Å²) in [5, 5.41) is 3.00. The maximum absolute atomic E-state index is 12.2. The van der Waals surface area contributed by atoms with Gasteiger partial charge in [-0.1, -0.05) is 18.2 Å². The minimum atomic E-state index is -0.00190. The molecule has 1 aromatic carbocycles. The smallest absolute Gasteiger partial charge is 0.224 e. The quantitative estimate of drug-likeness (QED) is 0.688. The molecule has 0 unspecified atom stereocenters. The van der Waals surface area contributed by atoms with Gasteiger partial charge in [-0.05, 0) is 30.8 Å². The van der Waals surface area contributed by atoms with Crippen molar-refractivity contribution >= 4 is 54.6 Å². The van der Waals surface area contributed by atoms with Gasteiger partial charge in [0.2, 0.25) is 5.91 Å². The fourth-order valence-electron chi connectivity index (χ4n) is 2.95. The number of carbonyl (C=O) groups is 1. The first-order chi connectivity index (χ1) is 12.1. The molecule has 0 bridgehead atoms. The topological polar surface area (TPSA) is 74.5 Å². The number of benzene rings is 1. The fourth-order valence-corrected chi connectivity index (χ4v) is 2.95. The van der Waals surface area contributed by atoms with Crippen LogP contribution in [0.1, 0.15) is 11.1 Å². The van der Waals surface area contributed by atoms with Gasteiger partial charge in [0.05, 0.1) is 6.42 Å². The lowest BCUT2D eigenvalue weighted by molar-refractivity contribution is -0.120. The Bertz CT molecular complexity index is 722. The Balaban J connectivity index is 0.00000243. The van der Waals surface area contributed by atoms with Crippen LogP contribution in [0.4, 0.5) is 11.5 Å². The average molecular weight is 449 g/mol. The molecule has 6 nitrogen and oxygen atoms in total. The number of nitrogens with two attached hydrogens (primary N) is 1. The Morgan fingerprint density at radius 3 is 2.36 bits per heavy atom. The Hall–Kier alpha value is -1.73. The zero-order chi connectivity index (χ0) is 17.6. The van der Waals surface area contributed by atoms with Crippen molar-refractivity contribution in [3.8, 4) is 0 Å². The molecule has 9 heteroatoms. The van der Waals surface area contributed by atoms with Gasteiger partial charge in [-0.25, -0.2) is 4.98 Å². The third-order valence-electron chi connectivity index (χ3n) is 4.49. The average Bonchev–Trinajstić information content (AvgIpc) is 2.63. The minimum absolute atomic E-state index is 0. The van der Waals surface area contributed by atoms with E-state index in [1.807, 2.05) is 42.6 Å². The number of anilines is 2. The largest absolute Gasteiger partial charge is 0.399 e. The number of nitrogens with one attached hydrogen (secondary N) is 1. The summed E-state index contributed by atoms with van der Waals surface area (Å²) < 4.78 is 0. The molecular weight excluding hydrogens is 421 g/mol. The van der Waals surface area contributed by atoms with Crippen molar-refractivity contribution in [2.75, 3.05) is 43.9 Å². The van der Waals surface area contributed by atoms with E-state index in [4.69, 9.17) is 5.73 Å². The molecule has 1 aromatic heterocycles. The van der Waals surface area contributed by atoms with Crippen LogP contribution in [-0.4, -0.2) is 49.0 Å². The van der Waals surface area contributed by atoms with Crippen LogP contribution in [0.3, 0.4) is 0 Å². The van der Waals surface area contributed by atoms with Gasteiger partial charge in [0.1, 0.15) is 5.82 Å². The molecule has 3 rings (SSSR count). The van der Waals surface area contributed by atoms with Gasteiger partial charge in [-0.2, -0.15) is 0 Å². The molecule has 0 radical (unpaired) electrons. The highest BCUT2D eigenvalue weighted by Crippen LogP contribution is 2.18. The Kier molecular flexibility index (Phi) is 11.9. The first kappa shape index (κ1) is 26.3. The second-order valence-corrected chi connectivity index (χ2v) is 6.47. The number of hydrogen-bond acceptors (Lipinski definition) is 5. The highest BCUT2D eigenvalue weighted by molar-refractivity contribution is 5.86. The molecule has 156 valence electrons. The summed E-state index contributed by atoms with van der Waals surface area (Å²) in [7, 11) is 2.13. The molecule has 1 aliphatic heterocycles. The number of rotatable bonds is 5. The number of carbonyl (C=O) groups excluding carboxylic acids is 1. The van der Waals surface area contributed by atoms with Crippen molar-refractivity contribution in [1.82, 2.24) is 15.2 Å². The van der Waals surface area contributed by atoms with E-state index in [-0.39, 0.29) is 43.1 Å². The van der Waals surface area contributed by atoms with E-state index in [0.29, 0.717) is 18.7 Å². The van der Waals surface area contributed by atoms with Crippen molar-refractivity contribution in [3.63, 3.8) is 0 Å². The van der Waals surface area contributed by atoms with Gasteiger partial charge in [-0.3, -0.25) is 4.79 Å². The standard InChI is InChI=1S/C19H25N5O.3ClH/c1-23-9-11-24(12-10-23)19-16(3-2-8-21-19)14-22-18(25)13-15-4-6-17(20)7-5-15;;;/h2-8H,9-14,20H2,1H3,(H,22,25);3*1H. The Morgan fingerprint density at radius 2 is 1.71 bits per heavy atom. The van der Waals surface area contributed by atoms with Gasteiger partial charge in [0.15, 0.2) is 0 Å². The lowest BCUT2D eigenvalue weighted by atomic mass is 10.1. The van der Waals surface area contributed by atoms with Crippen LogP contribution in [0.15, 0.2) is 42.6 Å². The molecule has 1 amide bonds. The van der Waals surface area contributed by atoms with Crippen molar-refractivity contribution < 1.29 is 4.79 Å². The summed E-state index contributed by atoms with van der Waals surface area (Å²) in [5.41, 5.74) is 8.39. The van der Waals surface area contributed by atoms with E-state index < -0.39 is 0 Å². The van der Waals surface area contributed by atoms with Gasteiger partial charge in [-0.15, -0.1) is 37.2 Å². The van der Waals surface area contributed by atoms with Crippen molar-refractivity contribution in [2.24, 2.45) is 0 Å². The zero-order valence-electron chi connectivity index (χ0n) is 15.8. The summed E-state index contributed by atoms with van der Waals surface area (Å²) in [6.45, 7) is 4.46. The number of hydrogen-bond donors (Lipinski definition) is 2. The zero-order valence-corrected chi connectivity index (χ0v) is 18.3. The number of nitrogens with zero attached hydrogens (tertiary/aromatic N) is 3. The van der Waals surface area contributed by atoms with Crippen LogP contribution in [0.2, 0.25) is 0 Å². The predicted molar refractivity (Wildman–Crippen MR) is 122 cm³/mol. The first-order valence-electron chi connectivity index (χ1n) is 8.60. The normalized spacial score (nSPS) is 13.5. The van der Waals surface area contributed by atoms with Crippen molar-refractivity contribution in [3.05, 3.63) is 53.7 Å². The van der Waals surface area contributed by atoms with Gasteiger partial charge >= 0.3 is 0 Å². The van der Waals surface area contributed by atoms with E-state index in [2.05, 4.69) is 27.1 Å². The summed E-state index contributed by atoms with van der Waals surface area (Å²) in [5.74, 6) is 0.973. The molecule has 2 heterocycles. The molecule has 0 spiro atoms. The van der Waals surface area contributed by atoms with E-state index in [1.165, 1.54) is 0 Å². The van der Waals surface area contributed by atoms with Crippen LogP contribution >= 0.6 is 37.2 Å². The van der Waals surface area contributed by atoms with Gasteiger partial charge in [0.25, 0.3) is 0 Å². The second-order valence-electron chi connectivity index (χ2n) is 6.47. The Labute approximate surface area is 185 Å². The highest BCUT2D eigenvalue weighted by atomic mass is 35.5. The van der Waals surface area contributed by atoms with Crippen LogP contribution in [0.5, 0.6) is 0 Å². The second kappa shape index (κ2) is 12.7. The molecule has 1 fully saturated rings. The summed E-state index contributed by atoms with van der Waals surface area (Å²) in [4.78, 5) is 21.4. The Morgan fingerprint density at radius 1 is 1.07 bits per heavy atom. The number of nitrogen functional groups attached to an aromatic ring is 1. The number of pyridine rings is 1. The molecule has 2 aromatic rings. The van der Waals surface area contributed by atoms with Crippen molar-refractivity contribution in [2.45, 2.75) is 13.0 Å². The van der Waals surface area contributed by atoms with Gasteiger partial charge in [0, 0.05) is 50.2 Å². The molecule has 1 aliphatic rings. The van der Waals surface area contributed by atoms with E-state index in [9.17, 15) is 4.79 Å². The SMILES string of the molecule is CN1CCN(c2ncccc2CNC(=O)Cc2ccc(N)cc2)CC1.Cl.Cl.Cl. The van der Waals surface area contributed by atoms with Crippen molar-refractivity contribution in [1.29, 1.82) is 0 Å². The molecule has 0 atom stereocenters. The summed E-state index contributed by atoms with van der Waals surface area (Å²) >= 11 is 0. The maximum Gasteiger partial charge on any atom is 0.224 e. The summed E-state index contributed by atoms with van der Waals surface area (Å²) in [6.07, 6.45) is 2.16. The molecule has 28 heavy (non-hydrogen) atoms. The van der Waals surface area contributed by atoms with E-state index >= 15 is 0 Å². The number of amides is 1. The molecule has 0 aliphatic carbocycles. The van der Waals surface area contributed by atoms with Crippen LogP contribution < -0.4 is 16.0 Å². The highest BCUT2D eigenvalue weighted by Gasteiger charge is 2.18. The third-order valence-corrected chi connectivity index (χ3v) is 4.49. The first-order valence-corrected chi connectivity index (χ1v) is 8.60. The van der Waals surface area contributed by atoms with E-state index in [0.717, 1.165) is 43.1 Å². The number of halogens is 3. The molecule has 0 saturated carbocycles. The van der Waals surface area contributed by atoms with Crippen LogP contribution in [-0.2, 0) is 17.8 Å². The van der Waals surface area contributed by atoms with Gasteiger partial charge < -0.3 is 20.9 Å². The lowest BCUT2D eigenvalue weighted by Crippen LogP contribution is -2.45. The van der Waals surface area contributed by atoms with Crippen LogP contribution in [0.25, 0.3) is 0 Å². The fraction of sp³-hybridized carbons (Fsp3) is 0.368. The monoisotopic (exact) mass is 447 g/mol. The van der Waals surface area contributed by atoms with E-state index in [1.54, 1.807) is 0 Å². The lowest BCUT2D eigenvalue weighted by Gasteiger charge is -2.34. The number of likely N-dealkylation sites (N-methyl/N-ethyl adjacent to an activating group) is 1.